The van der Waals surface area contributed by atoms with Gasteiger partial charge in [-0.15, -0.1) is 0 Å². The quantitative estimate of drug-likeness (QED) is 0.858. The number of nitrogens with two attached hydrogens (primary N) is 1. The molecule has 110 valence electrons. The summed E-state index contributed by atoms with van der Waals surface area (Å²) in [7, 11) is 3.42. The number of hydrogen-bond donors (Lipinski definition) is 1. The lowest BCUT2D eigenvalue weighted by atomic mass is 10.1. The average Bonchev–Trinajstić information content (AvgIpc) is 2.49. The van der Waals surface area contributed by atoms with Crippen LogP contribution in [0.15, 0.2) is 48.5 Å². The van der Waals surface area contributed by atoms with Crippen LogP contribution in [-0.2, 0) is 17.8 Å². The molecule has 0 saturated heterocycles. The number of nitrogens with zero attached hydrogens (tertiary/aromatic N) is 1. The summed E-state index contributed by atoms with van der Waals surface area (Å²) in [6.07, 6.45) is 0.313. The molecular formula is C17H20N2O2. The zero-order valence-electron chi connectivity index (χ0n) is 12.4. The highest BCUT2D eigenvalue weighted by Crippen LogP contribution is 2.16. The molecule has 0 aliphatic carbocycles. The van der Waals surface area contributed by atoms with Gasteiger partial charge in [-0.25, -0.2) is 0 Å². The SMILES string of the molecule is COc1cccc(CN(C)C(=O)Cc2ccccc2N)c1. The molecule has 21 heavy (non-hydrogen) atoms. The van der Waals surface area contributed by atoms with E-state index < -0.39 is 0 Å². The molecule has 0 radical (unpaired) electrons. The molecule has 0 heterocycles. The van der Waals surface area contributed by atoms with Crippen molar-refractivity contribution in [3.63, 3.8) is 0 Å². The second kappa shape index (κ2) is 6.79. The fourth-order valence-electron chi connectivity index (χ4n) is 2.13. The van der Waals surface area contributed by atoms with Crippen molar-refractivity contribution in [2.75, 3.05) is 19.9 Å². The molecule has 2 N–H and O–H groups in total. The minimum atomic E-state index is 0.0377. The summed E-state index contributed by atoms with van der Waals surface area (Å²) in [5, 5.41) is 0. The Morgan fingerprint density at radius 1 is 1.19 bits per heavy atom. The second-order valence-electron chi connectivity index (χ2n) is 4.98. The third-order valence-corrected chi connectivity index (χ3v) is 3.38. The predicted molar refractivity (Wildman–Crippen MR) is 84.0 cm³/mol. The Kier molecular flexibility index (Phi) is 4.82. The largest absolute Gasteiger partial charge is 0.497 e. The summed E-state index contributed by atoms with van der Waals surface area (Å²) in [5.41, 5.74) is 8.42. The van der Waals surface area contributed by atoms with Gasteiger partial charge in [0.25, 0.3) is 0 Å². The number of benzene rings is 2. The van der Waals surface area contributed by atoms with Crippen LogP contribution < -0.4 is 10.5 Å². The molecule has 0 aliphatic heterocycles. The Labute approximate surface area is 125 Å². The number of nitrogen functional groups attached to an aromatic ring is 1. The molecule has 2 aromatic rings. The number of rotatable bonds is 5. The number of para-hydroxylation sites is 1. The van der Waals surface area contributed by atoms with Gasteiger partial charge >= 0.3 is 0 Å². The minimum absolute atomic E-state index is 0.0377. The Hall–Kier alpha value is -2.49. The molecule has 1 amide bonds. The van der Waals surface area contributed by atoms with E-state index in [1.165, 1.54) is 0 Å². The van der Waals surface area contributed by atoms with Crippen LogP contribution in [0, 0.1) is 0 Å². The molecule has 0 aromatic heterocycles. The van der Waals surface area contributed by atoms with Crippen molar-refractivity contribution in [3.05, 3.63) is 59.7 Å². The minimum Gasteiger partial charge on any atom is -0.497 e. The summed E-state index contributed by atoms with van der Waals surface area (Å²) in [5.74, 6) is 0.830. The van der Waals surface area contributed by atoms with Crippen molar-refractivity contribution in [2.24, 2.45) is 0 Å². The smallest absolute Gasteiger partial charge is 0.227 e. The Morgan fingerprint density at radius 2 is 1.95 bits per heavy atom. The number of methoxy groups -OCH3 is 1. The van der Waals surface area contributed by atoms with Crippen molar-refractivity contribution in [3.8, 4) is 5.75 Å². The summed E-state index contributed by atoms with van der Waals surface area (Å²) < 4.78 is 5.19. The molecule has 0 saturated carbocycles. The van der Waals surface area contributed by atoms with Crippen LogP contribution in [0.2, 0.25) is 0 Å². The fraction of sp³-hybridized carbons (Fsp3) is 0.235. The molecule has 2 aromatic carbocycles. The lowest BCUT2D eigenvalue weighted by Crippen LogP contribution is -2.28. The topological polar surface area (TPSA) is 55.6 Å². The molecule has 0 atom stereocenters. The lowest BCUT2D eigenvalue weighted by Gasteiger charge is -2.18. The predicted octanol–water partition coefficient (Wildman–Crippen LogP) is 2.48. The lowest BCUT2D eigenvalue weighted by molar-refractivity contribution is -0.129. The fourth-order valence-corrected chi connectivity index (χ4v) is 2.13. The summed E-state index contributed by atoms with van der Waals surface area (Å²) >= 11 is 0. The van der Waals surface area contributed by atoms with E-state index in [0.29, 0.717) is 18.7 Å². The van der Waals surface area contributed by atoms with E-state index in [9.17, 15) is 4.79 Å². The van der Waals surface area contributed by atoms with Gasteiger partial charge in [0.05, 0.1) is 13.5 Å². The van der Waals surface area contributed by atoms with Crippen molar-refractivity contribution in [1.82, 2.24) is 4.90 Å². The van der Waals surface area contributed by atoms with E-state index >= 15 is 0 Å². The average molecular weight is 284 g/mol. The van der Waals surface area contributed by atoms with Gasteiger partial charge in [0.2, 0.25) is 5.91 Å². The van der Waals surface area contributed by atoms with E-state index in [1.807, 2.05) is 48.5 Å². The number of amides is 1. The van der Waals surface area contributed by atoms with Crippen LogP contribution in [-0.4, -0.2) is 25.0 Å². The van der Waals surface area contributed by atoms with E-state index in [4.69, 9.17) is 10.5 Å². The van der Waals surface area contributed by atoms with Crippen LogP contribution in [0.4, 0.5) is 5.69 Å². The van der Waals surface area contributed by atoms with Gasteiger partial charge < -0.3 is 15.4 Å². The molecule has 0 bridgehead atoms. The van der Waals surface area contributed by atoms with Crippen LogP contribution in [0.5, 0.6) is 5.75 Å². The first kappa shape index (κ1) is 14.9. The summed E-state index contributed by atoms with van der Waals surface area (Å²) in [4.78, 5) is 14.0. The number of carbonyl (C=O) groups is 1. The van der Waals surface area contributed by atoms with Crippen molar-refractivity contribution < 1.29 is 9.53 Å². The first-order valence-electron chi connectivity index (χ1n) is 6.80. The highest BCUT2D eigenvalue weighted by Gasteiger charge is 2.12. The van der Waals surface area contributed by atoms with Gasteiger partial charge in [-0.3, -0.25) is 4.79 Å². The van der Waals surface area contributed by atoms with Crippen LogP contribution >= 0.6 is 0 Å². The Balaban J connectivity index is 2.01. The van der Waals surface area contributed by atoms with Gasteiger partial charge in [-0.2, -0.15) is 0 Å². The molecule has 0 unspecified atom stereocenters. The first-order chi connectivity index (χ1) is 10.1. The standard InChI is InChI=1S/C17H20N2O2/c1-19(12-13-6-5-8-15(10-13)21-2)17(20)11-14-7-3-4-9-16(14)18/h3-10H,11-12,18H2,1-2H3. The maximum Gasteiger partial charge on any atom is 0.227 e. The van der Waals surface area contributed by atoms with Crippen molar-refractivity contribution >= 4 is 11.6 Å². The molecule has 0 fully saturated rings. The third kappa shape index (κ3) is 3.99. The molecule has 0 aliphatic rings. The van der Waals surface area contributed by atoms with Gasteiger partial charge in [-0.1, -0.05) is 30.3 Å². The van der Waals surface area contributed by atoms with Gasteiger partial charge in [0.1, 0.15) is 5.75 Å². The Bertz CT molecular complexity index is 626. The zero-order valence-corrected chi connectivity index (χ0v) is 12.4. The van der Waals surface area contributed by atoms with Gasteiger partial charge in [0.15, 0.2) is 0 Å². The molecule has 2 rings (SSSR count). The zero-order chi connectivity index (χ0) is 15.2. The first-order valence-corrected chi connectivity index (χ1v) is 6.80. The molecular weight excluding hydrogens is 264 g/mol. The van der Waals surface area contributed by atoms with Crippen LogP contribution in [0.3, 0.4) is 0 Å². The van der Waals surface area contributed by atoms with Crippen molar-refractivity contribution in [2.45, 2.75) is 13.0 Å². The number of ether oxygens (including phenoxy) is 1. The van der Waals surface area contributed by atoms with E-state index in [1.54, 1.807) is 19.1 Å². The normalized spacial score (nSPS) is 10.2. The third-order valence-electron chi connectivity index (χ3n) is 3.38. The number of carbonyl (C=O) groups excluding carboxylic acids is 1. The molecule has 0 spiro atoms. The van der Waals surface area contributed by atoms with Crippen molar-refractivity contribution in [1.29, 1.82) is 0 Å². The number of likely N-dealkylation sites (N-methyl/N-ethyl adjacent to an activating group) is 1. The maximum absolute atomic E-state index is 12.3. The molecule has 4 heteroatoms. The highest BCUT2D eigenvalue weighted by molar-refractivity contribution is 5.80. The second-order valence-corrected chi connectivity index (χ2v) is 4.98. The summed E-state index contributed by atoms with van der Waals surface area (Å²) in [6, 6.07) is 15.2. The Morgan fingerprint density at radius 3 is 2.67 bits per heavy atom. The monoisotopic (exact) mass is 284 g/mol. The van der Waals surface area contributed by atoms with E-state index in [-0.39, 0.29) is 5.91 Å². The van der Waals surface area contributed by atoms with Gasteiger partial charge in [-0.05, 0) is 29.3 Å². The van der Waals surface area contributed by atoms with Crippen LogP contribution in [0.25, 0.3) is 0 Å². The van der Waals surface area contributed by atoms with E-state index in [0.717, 1.165) is 16.9 Å². The number of hydrogen-bond acceptors (Lipinski definition) is 3. The van der Waals surface area contributed by atoms with Crippen LogP contribution in [0.1, 0.15) is 11.1 Å². The summed E-state index contributed by atoms with van der Waals surface area (Å²) in [6.45, 7) is 0.544. The molecule has 4 nitrogen and oxygen atoms in total. The highest BCUT2D eigenvalue weighted by atomic mass is 16.5. The maximum atomic E-state index is 12.3. The van der Waals surface area contributed by atoms with E-state index in [2.05, 4.69) is 0 Å². The van der Waals surface area contributed by atoms with Gasteiger partial charge in [0, 0.05) is 19.3 Å². The number of anilines is 1.